The SMILES string of the molecule is NCC(Oc1ccc2cccnc2c1)c1ccccc1. The second-order valence-corrected chi connectivity index (χ2v) is 4.61. The van der Waals surface area contributed by atoms with Crippen LogP contribution in [0.4, 0.5) is 0 Å². The highest BCUT2D eigenvalue weighted by Gasteiger charge is 2.11. The van der Waals surface area contributed by atoms with Gasteiger partial charge in [0.1, 0.15) is 11.9 Å². The number of benzene rings is 2. The van der Waals surface area contributed by atoms with E-state index in [-0.39, 0.29) is 6.10 Å². The molecule has 0 amide bonds. The molecule has 2 N–H and O–H groups in total. The molecule has 3 heteroatoms. The van der Waals surface area contributed by atoms with E-state index in [1.165, 1.54) is 0 Å². The smallest absolute Gasteiger partial charge is 0.136 e. The van der Waals surface area contributed by atoms with Crippen molar-refractivity contribution < 1.29 is 4.74 Å². The molecule has 20 heavy (non-hydrogen) atoms. The summed E-state index contributed by atoms with van der Waals surface area (Å²) in [6, 6.07) is 19.9. The molecular weight excluding hydrogens is 248 g/mol. The van der Waals surface area contributed by atoms with Crippen LogP contribution in [0.1, 0.15) is 11.7 Å². The van der Waals surface area contributed by atoms with E-state index in [1.807, 2.05) is 60.7 Å². The fourth-order valence-electron chi connectivity index (χ4n) is 2.20. The van der Waals surface area contributed by atoms with E-state index in [2.05, 4.69) is 4.98 Å². The summed E-state index contributed by atoms with van der Waals surface area (Å²) in [6.45, 7) is 0.435. The van der Waals surface area contributed by atoms with E-state index >= 15 is 0 Å². The summed E-state index contributed by atoms with van der Waals surface area (Å²) in [4.78, 5) is 4.34. The minimum absolute atomic E-state index is 0.141. The van der Waals surface area contributed by atoms with Crippen molar-refractivity contribution in [2.75, 3.05) is 6.54 Å². The molecule has 0 aliphatic heterocycles. The molecule has 0 spiro atoms. The van der Waals surface area contributed by atoms with Crippen LogP contribution in [-0.2, 0) is 0 Å². The van der Waals surface area contributed by atoms with Gasteiger partial charge in [0.15, 0.2) is 0 Å². The highest BCUT2D eigenvalue weighted by Crippen LogP contribution is 2.24. The Morgan fingerprint density at radius 3 is 2.65 bits per heavy atom. The van der Waals surface area contributed by atoms with Crippen molar-refractivity contribution in [2.45, 2.75) is 6.10 Å². The molecule has 0 fully saturated rings. The second-order valence-electron chi connectivity index (χ2n) is 4.61. The number of hydrogen-bond donors (Lipinski definition) is 1. The van der Waals surface area contributed by atoms with Crippen LogP contribution in [0.25, 0.3) is 10.9 Å². The summed E-state index contributed by atoms with van der Waals surface area (Å²) in [7, 11) is 0. The van der Waals surface area contributed by atoms with Crippen molar-refractivity contribution in [3.05, 3.63) is 72.4 Å². The first-order valence-corrected chi connectivity index (χ1v) is 6.63. The highest BCUT2D eigenvalue weighted by atomic mass is 16.5. The second kappa shape index (κ2) is 5.72. The summed E-state index contributed by atoms with van der Waals surface area (Å²) >= 11 is 0. The molecule has 0 aliphatic carbocycles. The fraction of sp³-hybridized carbons (Fsp3) is 0.118. The van der Waals surface area contributed by atoms with Gasteiger partial charge < -0.3 is 10.5 Å². The lowest BCUT2D eigenvalue weighted by molar-refractivity contribution is 0.214. The van der Waals surface area contributed by atoms with Gasteiger partial charge in [-0.3, -0.25) is 4.98 Å². The Morgan fingerprint density at radius 2 is 1.85 bits per heavy atom. The molecule has 3 rings (SSSR count). The number of rotatable bonds is 4. The van der Waals surface area contributed by atoms with E-state index in [0.717, 1.165) is 22.2 Å². The quantitative estimate of drug-likeness (QED) is 0.786. The predicted molar refractivity (Wildman–Crippen MR) is 80.6 cm³/mol. The summed E-state index contributed by atoms with van der Waals surface area (Å²) in [5.41, 5.74) is 7.83. The molecule has 0 bridgehead atoms. The highest BCUT2D eigenvalue weighted by molar-refractivity contribution is 5.79. The Bertz CT molecular complexity index is 697. The molecule has 1 atom stereocenters. The number of nitrogens with zero attached hydrogens (tertiary/aromatic N) is 1. The Labute approximate surface area is 118 Å². The molecule has 0 aliphatic rings. The van der Waals surface area contributed by atoms with Crippen LogP contribution in [0.15, 0.2) is 66.9 Å². The number of ether oxygens (including phenoxy) is 1. The predicted octanol–water partition coefficient (Wildman–Crippen LogP) is 3.31. The van der Waals surface area contributed by atoms with Crippen molar-refractivity contribution in [2.24, 2.45) is 5.73 Å². The van der Waals surface area contributed by atoms with Gasteiger partial charge in [0.25, 0.3) is 0 Å². The van der Waals surface area contributed by atoms with Crippen LogP contribution < -0.4 is 10.5 Å². The third kappa shape index (κ3) is 2.63. The van der Waals surface area contributed by atoms with Gasteiger partial charge in [-0.25, -0.2) is 0 Å². The van der Waals surface area contributed by atoms with Crippen molar-refractivity contribution >= 4 is 10.9 Å². The number of fused-ring (bicyclic) bond motifs is 1. The van der Waals surface area contributed by atoms with Gasteiger partial charge in [-0.1, -0.05) is 36.4 Å². The number of nitrogens with two attached hydrogens (primary N) is 1. The molecule has 0 saturated carbocycles. The van der Waals surface area contributed by atoms with Crippen molar-refractivity contribution in [1.29, 1.82) is 0 Å². The summed E-state index contributed by atoms with van der Waals surface area (Å²) in [5, 5.41) is 1.10. The molecule has 1 unspecified atom stereocenters. The first kappa shape index (κ1) is 12.6. The van der Waals surface area contributed by atoms with Crippen molar-refractivity contribution in [3.63, 3.8) is 0 Å². The molecule has 1 heterocycles. The molecule has 3 aromatic rings. The maximum atomic E-state index is 5.99. The zero-order valence-corrected chi connectivity index (χ0v) is 11.1. The molecule has 2 aromatic carbocycles. The van der Waals surface area contributed by atoms with E-state index in [1.54, 1.807) is 6.20 Å². The molecule has 100 valence electrons. The standard InChI is InChI=1S/C17H16N2O/c18-12-17(14-5-2-1-3-6-14)20-15-9-8-13-7-4-10-19-16(13)11-15/h1-11,17H,12,18H2. The largest absolute Gasteiger partial charge is 0.484 e. The average molecular weight is 264 g/mol. The zero-order chi connectivity index (χ0) is 13.8. The third-order valence-corrected chi connectivity index (χ3v) is 3.24. The van der Waals surface area contributed by atoms with Crippen LogP contribution in [0, 0.1) is 0 Å². The van der Waals surface area contributed by atoms with Gasteiger partial charge in [-0.05, 0) is 23.8 Å². The average Bonchev–Trinajstić information content (AvgIpc) is 2.53. The first-order valence-electron chi connectivity index (χ1n) is 6.63. The van der Waals surface area contributed by atoms with Crippen LogP contribution in [0.2, 0.25) is 0 Å². The molecule has 0 radical (unpaired) electrons. The van der Waals surface area contributed by atoms with Gasteiger partial charge >= 0.3 is 0 Å². The summed E-state index contributed by atoms with van der Waals surface area (Å²) in [5.74, 6) is 0.788. The maximum Gasteiger partial charge on any atom is 0.136 e. The lowest BCUT2D eigenvalue weighted by atomic mass is 10.1. The number of hydrogen-bond acceptors (Lipinski definition) is 3. The van der Waals surface area contributed by atoms with Gasteiger partial charge in [0.05, 0.1) is 5.52 Å². The van der Waals surface area contributed by atoms with Crippen molar-refractivity contribution in [1.82, 2.24) is 4.98 Å². The Hall–Kier alpha value is -2.39. The molecule has 3 nitrogen and oxygen atoms in total. The minimum atomic E-state index is -0.141. The maximum absolute atomic E-state index is 5.99. The van der Waals surface area contributed by atoms with Gasteiger partial charge in [-0.2, -0.15) is 0 Å². The van der Waals surface area contributed by atoms with Crippen LogP contribution >= 0.6 is 0 Å². The lowest BCUT2D eigenvalue weighted by Gasteiger charge is -2.18. The first-order chi connectivity index (χ1) is 9.86. The zero-order valence-electron chi connectivity index (χ0n) is 11.1. The van der Waals surface area contributed by atoms with Gasteiger partial charge in [0.2, 0.25) is 0 Å². The van der Waals surface area contributed by atoms with E-state index in [4.69, 9.17) is 10.5 Å². The lowest BCUT2D eigenvalue weighted by Crippen LogP contribution is -2.18. The van der Waals surface area contributed by atoms with Gasteiger partial charge in [-0.15, -0.1) is 0 Å². The third-order valence-electron chi connectivity index (χ3n) is 3.24. The number of pyridine rings is 1. The normalized spacial score (nSPS) is 12.2. The minimum Gasteiger partial charge on any atom is -0.484 e. The monoisotopic (exact) mass is 264 g/mol. The van der Waals surface area contributed by atoms with E-state index < -0.39 is 0 Å². The summed E-state index contributed by atoms with van der Waals surface area (Å²) < 4.78 is 5.99. The van der Waals surface area contributed by atoms with Crippen LogP contribution in [0.3, 0.4) is 0 Å². The van der Waals surface area contributed by atoms with E-state index in [0.29, 0.717) is 6.54 Å². The number of aromatic nitrogens is 1. The van der Waals surface area contributed by atoms with Crippen molar-refractivity contribution in [3.8, 4) is 5.75 Å². The van der Waals surface area contributed by atoms with Crippen LogP contribution in [-0.4, -0.2) is 11.5 Å². The van der Waals surface area contributed by atoms with Gasteiger partial charge in [0, 0.05) is 24.2 Å². The van der Waals surface area contributed by atoms with Crippen LogP contribution in [0.5, 0.6) is 5.75 Å². The molecular formula is C17H16N2O. The Morgan fingerprint density at radius 1 is 1.00 bits per heavy atom. The Balaban J connectivity index is 1.87. The Kier molecular flexibility index (Phi) is 3.61. The molecule has 0 saturated heterocycles. The summed E-state index contributed by atoms with van der Waals surface area (Å²) in [6.07, 6.45) is 1.64. The van der Waals surface area contributed by atoms with E-state index in [9.17, 15) is 0 Å². The molecule has 1 aromatic heterocycles. The topological polar surface area (TPSA) is 48.1 Å². The fourth-order valence-corrected chi connectivity index (χ4v) is 2.20.